The molecule has 0 spiro atoms. The second kappa shape index (κ2) is 4.33. The highest BCUT2D eigenvalue weighted by Gasteiger charge is 2.52. The quantitative estimate of drug-likeness (QED) is 0.597. The molecule has 1 aromatic rings. The van der Waals surface area contributed by atoms with Crippen LogP contribution in [0.15, 0.2) is 5.38 Å². The third-order valence-corrected chi connectivity index (χ3v) is 4.22. The second-order valence-corrected chi connectivity index (χ2v) is 6.02. The largest absolute Gasteiger partial charge is 0.515 e. The zero-order valence-corrected chi connectivity index (χ0v) is 12.0. The predicted molar refractivity (Wildman–Crippen MR) is 69.2 cm³/mol. The van der Waals surface area contributed by atoms with E-state index in [0.29, 0.717) is 10.6 Å². The SMILES string of the molecule is COC(=O)c1nc(B2OC(C)(C)C(C)(C)O2)cs1. The molecule has 98 valence electrons. The fraction of sp³-hybridized carbons (Fsp3) is 0.636. The Morgan fingerprint density at radius 3 is 2.39 bits per heavy atom. The van der Waals surface area contributed by atoms with Crippen molar-refractivity contribution in [3.8, 4) is 0 Å². The number of nitrogens with zero attached hydrogens (tertiary/aromatic N) is 1. The lowest BCUT2D eigenvalue weighted by Crippen LogP contribution is -2.41. The van der Waals surface area contributed by atoms with Crippen LogP contribution in [0.2, 0.25) is 0 Å². The van der Waals surface area contributed by atoms with Crippen molar-refractivity contribution in [2.24, 2.45) is 0 Å². The number of methoxy groups -OCH3 is 1. The van der Waals surface area contributed by atoms with Crippen LogP contribution in [0.5, 0.6) is 0 Å². The van der Waals surface area contributed by atoms with Crippen LogP contribution < -0.4 is 5.59 Å². The Bertz CT molecular complexity index is 455. The summed E-state index contributed by atoms with van der Waals surface area (Å²) in [7, 11) is 0.794. The fourth-order valence-electron chi connectivity index (χ4n) is 1.54. The number of carbonyl (C=O) groups is 1. The van der Waals surface area contributed by atoms with E-state index in [-0.39, 0.29) is 0 Å². The molecule has 0 radical (unpaired) electrons. The molecule has 0 unspecified atom stereocenters. The third-order valence-electron chi connectivity index (χ3n) is 3.38. The maximum absolute atomic E-state index is 11.3. The van der Waals surface area contributed by atoms with Gasteiger partial charge in [-0.25, -0.2) is 9.78 Å². The van der Waals surface area contributed by atoms with Crippen molar-refractivity contribution < 1.29 is 18.8 Å². The molecule has 1 aliphatic rings. The van der Waals surface area contributed by atoms with Crippen LogP contribution in [0.25, 0.3) is 0 Å². The van der Waals surface area contributed by atoms with Gasteiger partial charge in [0.15, 0.2) is 0 Å². The number of esters is 1. The Kier molecular flexibility index (Phi) is 3.25. The summed E-state index contributed by atoms with van der Waals surface area (Å²) < 4.78 is 16.3. The van der Waals surface area contributed by atoms with E-state index in [1.165, 1.54) is 18.4 Å². The van der Waals surface area contributed by atoms with Gasteiger partial charge in [-0.3, -0.25) is 0 Å². The summed E-state index contributed by atoms with van der Waals surface area (Å²) in [4.78, 5) is 15.5. The van der Waals surface area contributed by atoms with Crippen molar-refractivity contribution in [1.29, 1.82) is 0 Å². The predicted octanol–water partition coefficient (Wildman–Crippen LogP) is 1.23. The topological polar surface area (TPSA) is 57.7 Å². The first-order valence-corrected chi connectivity index (χ1v) is 6.54. The van der Waals surface area contributed by atoms with Gasteiger partial charge in [0.1, 0.15) is 0 Å². The van der Waals surface area contributed by atoms with Crippen molar-refractivity contribution in [1.82, 2.24) is 4.98 Å². The minimum atomic E-state index is -0.537. The first-order chi connectivity index (χ1) is 8.27. The van der Waals surface area contributed by atoms with E-state index >= 15 is 0 Å². The Morgan fingerprint density at radius 1 is 1.33 bits per heavy atom. The second-order valence-electron chi connectivity index (χ2n) is 5.16. The van der Waals surface area contributed by atoms with Gasteiger partial charge in [0, 0.05) is 5.38 Å². The van der Waals surface area contributed by atoms with Crippen LogP contribution in [-0.4, -0.2) is 36.4 Å². The number of hydrogen-bond acceptors (Lipinski definition) is 6. The van der Waals surface area contributed by atoms with Gasteiger partial charge >= 0.3 is 13.1 Å². The zero-order valence-electron chi connectivity index (χ0n) is 11.1. The van der Waals surface area contributed by atoms with Crippen LogP contribution in [0.4, 0.5) is 0 Å². The van der Waals surface area contributed by atoms with Gasteiger partial charge in [-0.05, 0) is 27.7 Å². The van der Waals surface area contributed by atoms with Crippen molar-refractivity contribution in [2.75, 3.05) is 7.11 Å². The maximum Gasteiger partial charge on any atom is 0.515 e. The summed E-state index contributed by atoms with van der Waals surface area (Å²) >= 11 is 1.22. The van der Waals surface area contributed by atoms with Crippen molar-refractivity contribution in [3.63, 3.8) is 0 Å². The molecule has 18 heavy (non-hydrogen) atoms. The molecule has 0 amide bonds. The normalized spacial score (nSPS) is 21.1. The molecule has 0 N–H and O–H groups in total. The number of thiazole rings is 1. The molecule has 5 nitrogen and oxygen atoms in total. The Balaban J connectivity index is 2.20. The molecule has 0 aromatic carbocycles. The van der Waals surface area contributed by atoms with E-state index in [1.54, 1.807) is 5.38 Å². The highest BCUT2D eigenvalue weighted by Crippen LogP contribution is 2.36. The van der Waals surface area contributed by atoms with Crippen molar-refractivity contribution in [3.05, 3.63) is 10.4 Å². The summed E-state index contributed by atoms with van der Waals surface area (Å²) in [6, 6.07) is 0. The highest BCUT2D eigenvalue weighted by molar-refractivity contribution is 7.12. The number of hydrogen-bond donors (Lipinski definition) is 0. The van der Waals surface area contributed by atoms with E-state index in [4.69, 9.17) is 9.31 Å². The van der Waals surface area contributed by atoms with E-state index in [9.17, 15) is 4.79 Å². The summed E-state index contributed by atoms with van der Waals surface area (Å²) in [5.41, 5.74) is -0.210. The average molecular weight is 269 g/mol. The molecule has 0 aliphatic carbocycles. The number of ether oxygens (including phenoxy) is 1. The summed E-state index contributed by atoms with van der Waals surface area (Å²) in [5, 5.41) is 2.07. The van der Waals surface area contributed by atoms with Gasteiger partial charge < -0.3 is 14.0 Å². The lowest BCUT2D eigenvalue weighted by atomic mass is 9.86. The molecule has 1 aliphatic heterocycles. The van der Waals surface area contributed by atoms with Gasteiger partial charge in [0.05, 0.1) is 23.9 Å². The number of rotatable bonds is 2. The molecule has 0 bridgehead atoms. The summed E-state index contributed by atoms with van der Waals surface area (Å²) in [6.45, 7) is 7.89. The van der Waals surface area contributed by atoms with Crippen LogP contribution in [-0.2, 0) is 14.0 Å². The monoisotopic (exact) mass is 269 g/mol. The lowest BCUT2D eigenvalue weighted by molar-refractivity contribution is 0.00578. The first-order valence-electron chi connectivity index (χ1n) is 5.66. The fourth-order valence-corrected chi connectivity index (χ4v) is 2.27. The standard InChI is InChI=1S/C11H16BNO4S/c1-10(2)11(3,4)17-12(16-10)7-6-18-8(13-7)9(14)15-5/h6H,1-5H3. The molecule has 0 saturated carbocycles. The molecule has 7 heteroatoms. The zero-order chi connectivity index (χ0) is 13.6. The van der Waals surface area contributed by atoms with Crippen molar-refractivity contribution in [2.45, 2.75) is 38.9 Å². The average Bonchev–Trinajstić information content (AvgIpc) is 2.82. The van der Waals surface area contributed by atoms with Gasteiger partial charge in [-0.15, -0.1) is 11.3 Å². The van der Waals surface area contributed by atoms with Crippen LogP contribution in [0.1, 0.15) is 37.5 Å². The minimum absolute atomic E-state index is 0.308. The molecule has 2 rings (SSSR count). The molecule has 1 fully saturated rings. The third kappa shape index (κ3) is 2.18. The Labute approximate surface area is 111 Å². The molecular weight excluding hydrogens is 253 g/mol. The van der Waals surface area contributed by atoms with Gasteiger partial charge in [0.25, 0.3) is 0 Å². The molecule has 2 heterocycles. The number of aromatic nitrogens is 1. The molecular formula is C11H16BNO4S. The maximum atomic E-state index is 11.3. The molecule has 0 atom stereocenters. The lowest BCUT2D eigenvalue weighted by Gasteiger charge is -2.32. The summed E-state index contributed by atoms with van der Waals surface area (Å²) in [6.07, 6.45) is 0. The molecule has 1 saturated heterocycles. The Hall–Kier alpha value is -0.915. The first kappa shape index (κ1) is 13.5. The Morgan fingerprint density at radius 2 is 1.89 bits per heavy atom. The van der Waals surface area contributed by atoms with Gasteiger partial charge in [0.2, 0.25) is 5.01 Å². The summed E-state index contributed by atoms with van der Waals surface area (Å²) in [5.74, 6) is -0.442. The van der Waals surface area contributed by atoms with Gasteiger partial charge in [-0.1, -0.05) is 0 Å². The van der Waals surface area contributed by atoms with Crippen LogP contribution in [0, 0.1) is 0 Å². The highest BCUT2D eigenvalue weighted by atomic mass is 32.1. The van der Waals surface area contributed by atoms with Crippen molar-refractivity contribution >= 4 is 30.0 Å². The number of carbonyl (C=O) groups excluding carboxylic acids is 1. The molecule has 1 aromatic heterocycles. The van der Waals surface area contributed by atoms with Crippen LogP contribution in [0.3, 0.4) is 0 Å². The van der Waals surface area contributed by atoms with Gasteiger partial charge in [-0.2, -0.15) is 0 Å². The minimum Gasteiger partial charge on any atom is -0.464 e. The van der Waals surface area contributed by atoms with E-state index < -0.39 is 24.3 Å². The van der Waals surface area contributed by atoms with E-state index in [2.05, 4.69) is 9.72 Å². The smallest absolute Gasteiger partial charge is 0.464 e. The van der Waals surface area contributed by atoms with Crippen LogP contribution >= 0.6 is 11.3 Å². The van der Waals surface area contributed by atoms with E-state index in [0.717, 1.165) is 0 Å². The van der Waals surface area contributed by atoms with E-state index in [1.807, 2.05) is 27.7 Å².